The third-order valence-electron chi connectivity index (χ3n) is 3.86. The predicted octanol–water partition coefficient (Wildman–Crippen LogP) is 2.86. The Hall–Kier alpha value is -2.04. The minimum atomic E-state index is -0.153. The number of carbonyl (C=O) groups is 1. The molecule has 0 aliphatic carbocycles. The van der Waals surface area contributed by atoms with E-state index in [4.69, 9.17) is 4.99 Å². The molecule has 0 fully saturated rings. The number of ether oxygens (including phenoxy) is 1. The Morgan fingerprint density at radius 1 is 1.17 bits per heavy atom. The number of benzene rings is 1. The van der Waals surface area contributed by atoms with E-state index in [9.17, 15) is 4.79 Å². The lowest BCUT2D eigenvalue weighted by Gasteiger charge is -2.24. The lowest BCUT2D eigenvalue weighted by atomic mass is 9.85. The summed E-state index contributed by atoms with van der Waals surface area (Å²) in [5.74, 6) is 0.666. The van der Waals surface area contributed by atoms with Crippen LogP contribution in [0, 0.1) is 0 Å². The van der Waals surface area contributed by atoms with Crippen molar-refractivity contribution in [2.45, 2.75) is 45.4 Å². The summed E-state index contributed by atoms with van der Waals surface area (Å²) in [5, 5.41) is 6.59. The maximum Gasteiger partial charge on any atom is 0.305 e. The third kappa shape index (κ3) is 7.49. The van der Waals surface area contributed by atoms with Gasteiger partial charge in [-0.05, 0) is 25.3 Å². The van der Waals surface area contributed by atoms with Gasteiger partial charge in [-0.1, -0.05) is 44.2 Å². The highest BCUT2D eigenvalue weighted by molar-refractivity contribution is 5.79. The highest BCUT2D eigenvalue weighted by Gasteiger charge is 2.19. The first-order valence-corrected chi connectivity index (χ1v) is 8.64. The van der Waals surface area contributed by atoms with Gasteiger partial charge in [0.25, 0.3) is 0 Å². The SMILES string of the molecule is CCNC(=NCC(C)(C)c1ccccc1)NCCCCC(=O)OC. The molecule has 0 heterocycles. The number of nitrogens with zero attached hydrogens (tertiary/aromatic N) is 1. The topological polar surface area (TPSA) is 62.7 Å². The Kier molecular flexibility index (Phi) is 8.90. The van der Waals surface area contributed by atoms with Crippen LogP contribution in [0.15, 0.2) is 35.3 Å². The monoisotopic (exact) mass is 333 g/mol. The summed E-state index contributed by atoms with van der Waals surface area (Å²) in [6.07, 6.45) is 2.18. The number of hydrogen-bond donors (Lipinski definition) is 2. The number of hydrogen-bond acceptors (Lipinski definition) is 3. The smallest absolute Gasteiger partial charge is 0.305 e. The third-order valence-corrected chi connectivity index (χ3v) is 3.86. The fourth-order valence-electron chi connectivity index (χ4n) is 2.30. The van der Waals surface area contributed by atoms with Gasteiger partial charge in [-0.3, -0.25) is 9.79 Å². The van der Waals surface area contributed by atoms with Gasteiger partial charge in [0.2, 0.25) is 0 Å². The van der Waals surface area contributed by atoms with Crippen LogP contribution in [0.4, 0.5) is 0 Å². The van der Waals surface area contributed by atoms with Crippen LogP contribution >= 0.6 is 0 Å². The molecule has 0 amide bonds. The van der Waals surface area contributed by atoms with Gasteiger partial charge < -0.3 is 15.4 Å². The highest BCUT2D eigenvalue weighted by Crippen LogP contribution is 2.22. The van der Waals surface area contributed by atoms with E-state index in [-0.39, 0.29) is 11.4 Å². The van der Waals surface area contributed by atoms with Crippen molar-refractivity contribution in [3.63, 3.8) is 0 Å². The van der Waals surface area contributed by atoms with Crippen molar-refractivity contribution >= 4 is 11.9 Å². The van der Waals surface area contributed by atoms with Crippen molar-refractivity contribution < 1.29 is 9.53 Å². The van der Waals surface area contributed by atoms with E-state index < -0.39 is 0 Å². The van der Waals surface area contributed by atoms with E-state index in [1.54, 1.807) is 0 Å². The zero-order chi connectivity index (χ0) is 17.8. The van der Waals surface area contributed by atoms with Gasteiger partial charge in [0, 0.05) is 24.9 Å². The zero-order valence-electron chi connectivity index (χ0n) is 15.4. The summed E-state index contributed by atoms with van der Waals surface area (Å²) in [6, 6.07) is 10.4. The van der Waals surface area contributed by atoms with Crippen LogP contribution < -0.4 is 10.6 Å². The first-order chi connectivity index (χ1) is 11.5. The Balaban J connectivity index is 2.48. The minimum absolute atomic E-state index is 0.0193. The second kappa shape index (κ2) is 10.7. The van der Waals surface area contributed by atoms with Crippen molar-refractivity contribution in [1.29, 1.82) is 0 Å². The first kappa shape index (κ1) is 20.0. The summed E-state index contributed by atoms with van der Waals surface area (Å²) in [7, 11) is 1.42. The second-order valence-electron chi connectivity index (χ2n) is 6.41. The number of esters is 1. The molecular weight excluding hydrogens is 302 g/mol. The molecule has 0 aromatic heterocycles. The molecular formula is C19H31N3O2. The fourth-order valence-corrected chi connectivity index (χ4v) is 2.30. The average Bonchev–Trinajstić information content (AvgIpc) is 2.59. The quantitative estimate of drug-likeness (QED) is 0.316. The maximum atomic E-state index is 11.1. The molecule has 0 saturated heterocycles. The maximum absolute atomic E-state index is 11.1. The molecule has 0 saturated carbocycles. The summed E-state index contributed by atoms with van der Waals surface area (Å²) in [6.45, 7) is 8.76. The molecule has 1 aromatic carbocycles. The average molecular weight is 333 g/mol. The molecule has 0 aliphatic heterocycles. The lowest BCUT2D eigenvalue weighted by molar-refractivity contribution is -0.140. The Morgan fingerprint density at radius 3 is 2.50 bits per heavy atom. The molecule has 2 N–H and O–H groups in total. The molecule has 24 heavy (non-hydrogen) atoms. The largest absolute Gasteiger partial charge is 0.469 e. The molecule has 0 aliphatic rings. The van der Waals surface area contributed by atoms with Gasteiger partial charge in [-0.25, -0.2) is 0 Å². The van der Waals surface area contributed by atoms with Crippen molar-refractivity contribution in [2.24, 2.45) is 4.99 Å². The zero-order valence-corrected chi connectivity index (χ0v) is 15.4. The van der Waals surface area contributed by atoms with E-state index in [2.05, 4.69) is 60.4 Å². The van der Waals surface area contributed by atoms with Crippen molar-refractivity contribution in [3.8, 4) is 0 Å². The summed E-state index contributed by atoms with van der Waals surface area (Å²) >= 11 is 0. The van der Waals surface area contributed by atoms with Gasteiger partial charge >= 0.3 is 5.97 Å². The Morgan fingerprint density at radius 2 is 1.88 bits per heavy atom. The van der Waals surface area contributed by atoms with E-state index in [1.165, 1.54) is 12.7 Å². The molecule has 0 atom stereocenters. The standard InChI is InChI=1S/C19H31N3O2/c1-5-20-18(21-14-10-9-13-17(23)24-4)22-15-19(2,3)16-11-7-6-8-12-16/h6-8,11-12H,5,9-10,13-15H2,1-4H3,(H2,20,21,22). The lowest BCUT2D eigenvalue weighted by Crippen LogP contribution is -2.39. The number of rotatable bonds is 9. The number of methoxy groups -OCH3 is 1. The van der Waals surface area contributed by atoms with Crippen LogP contribution in [0.1, 0.15) is 45.6 Å². The van der Waals surface area contributed by atoms with E-state index in [1.807, 2.05) is 6.07 Å². The molecule has 134 valence electrons. The van der Waals surface area contributed by atoms with Crippen LogP contribution in [-0.2, 0) is 14.9 Å². The Bertz CT molecular complexity index is 513. The summed E-state index contributed by atoms with van der Waals surface area (Å²) in [4.78, 5) is 15.8. The molecule has 0 radical (unpaired) electrons. The van der Waals surface area contributed by atoms with Crippen molar-refractivity contribution in [3.05, 3.63) is 35.9 Å². The minimum Gasteiger partial charge on any atom is -0.469 e. The summed E-state index contributed by atoms with van der Waals surface area (Å²) in [5.41, 5.74) is 1.26. The number of aliphatic imine (C=N–C) groups is 1. The second-order valence-corrected chi connectivity index (χ2v) is 6.41. The molecule has 5 heteroatoms. The molecule has 1 rings (SSSR count). The number of unbranched alkanes of at least 4 members (excludes halogenated alkanes) is 1. The highest BCUT2D eigenvalue weighted by atomic mass is 16.5. The van der Waals surface area contributed by atoms with Gasteiger partial charge in [-0.2, -0.15) is 0 Å². The van der Waals surface area contributed by atoms with Crippen molar-refractivity contribution in [2.75, 3.05) is 26.7 Å². The summed E-state index contributed by atoms with van der Waals surface area (Å²) < 4.78 is 4.64. The Labute approximate surface area is 145 Å². The van der Waals surface area contributed by atoms with Crippen LogP contribution in [0.3, 0.4) is 0 Å². The van der Waals surface area contributed by atoms with Gasteiger partial charge in [-0.15, -0.1) is 0 Å². The first-order valence-electron chi connectivity index (χ1n) is 8.64. The van der Waals surface area contributed by atoms with E-state index in [0.717, 1.165) is 31.9 Å². The normalized spacial score (nSPS) is 11.9. The molecule has 5 nitrogen and oxygen atoms in total. The fraction of sp³-hybridized carbons (Fsp3) is 0.579. The number of carbonyl (C=O) groups excluding carboxylic acids is 1. The molecule has 1 aromatic rings. The van der Waals surface area contributed by atoms with Crippen LogP contribution in [0.2, 0.25) is 0 Å². The van der Waals surface area contributed by atoms with E-state index in [0.29, 0.717) is 13.0 Å². The van der Waals surface area contributed by atoms with Crippen molar-refractivity contribution in [1.82, 2.24) is 10.6 Å². The molecule has 0 bridgehead atoms. The van der Waals surface area contributed by atoms with Crippen LogP contribution in [-0.4, -0.2) is 38.7 Å². The predicted molar refractivity (Wildman–Crippen MR) is 99.3 cm³/mol. The number of nitrogens with one attached hydrogen (secondary N) is 2. The van der Waals surface area contributed by atoms with E-state index >= 15 is 0 Å². The van der Waals surface area contributed by atoms with Gasteiger partial charge in [0.05, 0.1) is 13.7 Å². The molecule has 0 spiro atoms. The van der Waals surface area contributed by atoms with Crippen LogP contribution in [0.5, 0.6) is 0 Å². The van der Waals surface area contributed by atoms with Gasteiger partial charge in [0.1, 0.15) is 0 Å². The number of guanidine groups is 1. The van der Waals surface area contributed by atoms with Gasteiger partial charge in [0.15, 0.2) is 5.96 Å². The molecule has 0 unspecified atom stereocenters. The van der Waals surface area contributed by atoms with Crippen LogP contribution in [0.25, 0.3) is 0 Å².